The molecular formula is C15H20N2O. The van der Waals surface area contributed by atoms with Gasteiger partial charge in [0.2, 0.25) is 0 Å². The minimum atomic E-state index is 0.676. The predicted octanol–water partition coefficient (Wildman–Crippen LogP) is 4.02. The summed E-state index contributed by atoms with van der Waals surface area (Å²) in [7, 11) is 0. The second-order valence-corrected chi connectivity index (χ2v) is 4.48. The van der Waals surface area contributed by atoms with Gasteiger partial charge in [0, 0.05) is 5.69 Å². The van der Waals surface area contributed by atoms with Crippen LogP contribution in [-0.4, -0.2) is 4.98 Å². The first-order valence-electron chi connectivity index (χ1n) is 6.58. The van der Waals surface area contributed by atoms with E-state index in [4.69, 9.17) is 4.42 Å². The highest BCUT2D eigenvalue weighted by molar-refractivity contribution is 5.44. The zero-order valence-electron chi connectivity index (χ0n) is 10.9. The molecule has 3 nitrogen and oxygen atoms in total. The molecule has 0 spiro atoms. The summed E-state index contributed by atoms with van der Waals surface area (Å²) in [5.41, 5.74) is 2.53. The van der Waals surface area contributed by atoms with Crippen molar-refractivity contribution in [2.45, 2.75) is 39.2 Å². The molecule has 0 saturated heterocycles. The fraction of sp³-hybridized carbons (Fsp3) is 0.400. The number of oxazole rings is 1. The van der Waals surface area contributed by atoms with Crippen LogP contribution >= 0.6 is 0 Å². The molecule has 0 aliphatic rings. The van der Waals surface area contributed by atoms with E-state index in [1.165, 1.54) is 37.6 Å². The van der Waals surface area contributed by atoms with Gasteiger partial charge in [0.25, 0.3) is 0 Å². The summed E-state index contributed by atoms with van der Waals surface area (Å²) in [6.45, 7) is 2.91. The molecule has 1 N–H and O–H groups in total. The predicted molar refractivity (Wildman–Crippen MR) is 73.5 cm³/mol. The lowest BCUT2D eigenvalue weighted by Gasteiger charge is -2.06. The van der Waals surface area contributed by atoms with Gasteiger partial charge < -0.3 is 9.73 Å². The fourth-order valence-electron chi connectivity index (χ4n) is 1.89. The topological polar surface area (TPSA) is 38.1 Å². The molecule has 0 atom stereocenters. The molecule has 0 saturated carbocycles. The number of aryl methyl sites for hydroxylation is 1. The van der Waals surface area contributed by atoms with E-state index in [0.29, 0.717) is 6.54 Å². The van der Waals surface area contributed by atoms with Crippen LogP contribution in [0.3, 0.4) is 0 Å². The maximum Gasteiger partial charge on any atom is 0.180 e. The summed E-state index contributed by atoms with van der Waals surface area (Å²) in [5, 5.41) is 3.31. The van der Waals surface area contributed by atoms with Crippen molar-refractivity contribution < 1.29 is 4.42 Å². The maximum atomic E-state index is 5.17. The van der Waals surface area contributed by atoms with Crippen LogP contribution in [0.2, 0.25) is 0 Å². The van der Waals surface area contributed by atoms with Gasteiger partial charge in [-0.3, -0.25) is 0 Å². The van der Waals surface area contributed by atoms with Crippen LogP contribution in [0.1, 0.15) is 37.5 Å². The summed E-state index contributed by atoms with van der Waals surface area (Å²) in [4.78, 5) is 3.88. The molecule has 3 heteroatoms. The van der Waals surface area contributed by atoms with E-state index in [-0.39, 0.29) is 0 Å². The molecular weight excluding hydrogens is 224 g/mol. The number of nitrogens with zero attached hydrogens (tertiary/aromatic N) is 1. The Bertz CT molecular complexity index is 434. The second kappa shape index (κ2) is 6.84. The smallest absolute Gasteiger partial charge is 0.180 e. The van der Waals surface area contributed by atoms with Gasteiger partial charge in [-0.15, -0.1) is 0 Å². The number of unbranched alkanes of at least 4 members (excludes halogenated alkanes) is 2. The van der Waals surface area contributed by atoms with Gasteiger partial charge >= 0.3 is 0 Å². The first-order chi connectivity index (χ1) is 8.88. The third-order valence-corrected chi connectivity index (χ3v) is 2.97. The third-order valence-electron chi connectivity index (χ3n) is 2.97. The Balaban J connectivity index is 1.80. The SMILES string of the molecule is CCCCCc1ccc(NCc2cnco2)cc1. The molecule has 96 valence electrons. The van der Waals surface area contributed by atoms with E-state index in [1.807, 2.05) is 0 Å². The molecule has 1 aromatic carbocycles. The molecule has 0 aliphatic heterocycles. The van der Waals surface area contributed by atoms with Gasteiger partial charge in [-0.25, -0.2) is 4.98 Å². The summed E-state index contributed by atoms with van der Waals surface area (Å²) >= 11 is 0. The monoisotopic (exact) mass is 244 g/mol. The van der Waals surface area contributed by atoms with E-state index < -0.39 is 0 Å². The molecule has 0 radical (unpaired) electrons. The standard InChI is InChI=1S/C15H20N2O/c1-2-3-4-5-13-6-8-14(9-7-13)17-11-15-10-16-12-18-15/h6-10,12,17H,2-5,11H2,1H3. The van der Waals surface area contributed by atoms with E-state index in [9.17, 15) is 0 Å². The highest BCUT2D eigenvalue weighted by Gasteiger charge is 1.97. The Morgan fingerprint density at radius 1 is 1.17 bits per heavy atom. The van der Waals surface area contributed by atoms with Crippen LogP contribution in [0.4, 0.5) is 5.69 Å². The average molecular weight is 244 g/mol. The van der Waals surface area contributed by atoms with E-state index in [2.05, 4.69) is 41.5 Å². The zero-order chi connectivity index (χ0) is 12.6. The Hall–Kier alpha value is -1.77. The highest BCUT2D eigenvalue weighted by atomic mass is 16.3. The average Bonchev–Trinajstić information content (AvgIpc) is 2.91. The molecule has 18 heavy (non-hydrogen) atoms. The van der Waals surface area contributed by atoms with Crippen LogP contribution in [-0.2, 0) is 13.0 Å². The summed E-state index contributed by atoms with van der Waals surface area (Å²) in [6, 6.07) is 8.63. The van der Waals surface area contributed by atoms with Gasteiger partial charge in [-0.2, -0.15) is 0 Å². The number of hydrogen-bond donors (Lipinski definition) is 1. The van der Waals surface area contributed by atoms with Crippen molar-refractivity contribution in [3.8, 4) is 0 Å². The van der Waals surface area contributed by atoms with Crippen molar-refractivity contribution in [2.24, 2.45) is 0 Å². The summed E-state index contributed by atoms with van der Waals surface area (Å²) < 4.78 is 5.17. The molecule has 2 rings (SSSR count). The number of rotatable bonds is 7. The quantitative estimate of drug-likeness (QED) is 0.747. The Labute approximate surface area is 108 Å². The molecule has 2 aromatic rings. The van der Waals surface area contributed by atoms with Crippen LogP contribution in [0, 0.1) is 0 Å². The first-order valence-corrected chi connectivity index (χ1v) is 6.58. The number of benzene rings is 1. The van der Waals surface area contributed by atoms with Crippen LogP contribution in [0.5, 0.6) is 0 Å². The fourth-order valence-corrected chi connectivity index (χ4v) is 1.89. The zero-order valence-corrected chi connectivity index (χ0v) is 10.9. The van der Waals surface area contributed by atoms with Gasteiger partial charge in [-0.1, -0.05) is 31.9 Å². The lowest BCUT2D eigenvalue weighted by Crippen LogP contribution is -1.98. The Morgan fingerprint density at radius 3 is 2.67 bits per heavy atom. The van der Waals surface area contributed by atoms with Crippen molar-refractivity contribution >= 4 is 5.69 Å². The normalized spacial score (nSPS) is 10.5. The molecule has 1 aromatic heterocycles. The van der Waals surface area contributed by atoms with E-state index >= 15 is 0 Å². The van der Waals surface area contributed by atoms with Gasteiger partial charge in [-0.05, 0) is 30.5 Å². The van der Waals surface area contributed by atoms with E-state index in [1.54, 1.807) is 6.20 Å². The number of nitrogens with one attached hydrogen (secondary N) is 1. The summed E-state index contributed by atoms with van der Waals surface area (Å²) in [6.07, 6.45) is 8.22. The molecule has 0 aliphatic carbocycles. The maximum absolute atomic E-state index is 5.17. The van der Waals surface area contributed by atoms with Crippen molar-refractivity contribution in [3.63, 3.8) is 0 Å². The van der Waals surface area contributed by atoms with Crippen molar-refractivity contribution in [1.29, 1.82) is 0 Å². The molecule has 0 unspecified atom stereocenters. The van der Waals surface area contributed by atoms with Crippen LogP contribution < -0.4 is 5.32 Å². The number of anilines is 1. The number of hydrogen-bond acceptors (Lipinski definition) is 3. The van der Waals surface area contributed by atoms with Gasteiger partial charge in [0.15, 0.2) is 6.39 Å². The highest BCUT2D eigenvalue weighted by Crippen LogP contribution is 2.13. The second-order valence-electron chi connectivity index (χ2n) is 4.48. The van der Waals surface area contributed by atoms with Crippen molar-refractivity contribution in [3.05, 3.63) is 48.2 Å². The van der Waals surface area contributed by atoms with Gasteiger partial charge in [0.05, 0.1) is 12.7 Å². The minimum Gasteiger partial charge on any atom is -0.447 e. The van der Waals surface area contributed by atoms with Crippen molar-refractivity contribution in [1.82, 2.24) is 4.98 Å². The summed E-state index contributed by atoms with van der Waals surface area (Å²) in [5.74, 6) is 0.849. The lowest BCUT2D eigenvalue weighted by atomic mass is 10.1. The number of aromatic nitrogens is 1. The third kappa shape index (κ3) is 3.91. The lowest BCUT2D eigenvalue weighted by molar-refractivity contribution is 0.512. The van der Waals surface area contributed by atoms with Crippen LogP contribution in [0.15, 0.2) is 41.3 Å². The Kier molecular flexibility index (Phi) is 4.82. The molecule has 0 bridgehead atoms. The van der Waals surface area contributed by atoms with Crippen LogP contribution in [0.25, 0.3) is 0 Å². The van der Waals surface area contributed by atoms with Gasteiger partial charge in [0.1, 0.15) is 5.76 Å². The van der Waals surface area contributed by atoms with Crippen molar-refractivity contribution in [2.75, 3.05) is 5.32 Å². The first kappa shape index (κ1) is 12.7. The minimum absolute atomic E-state index is 0.676. The molecule has 0 amide bonds. The molecule has 0 fully saturated rings. The molecule has 1 heterocycles. The largest absolute Gasteiger partial charge is 0.447 e. The Morgan fingerprint density at radius 2 is 2.00 bits per heavy atom. The van der Waals surface area contributed by atoms with E-state index in [0.717, 1.165) is 11.4 Å².